The lowest BCUT2D eigenvalue weighted by Gasteiger charge is -2.29. The summed E-state index contributed by atoms with van der Waals surface area (Å²) in [5.41, 5.74) is 0.527. The second kappa shape index (κ2) is 9.53. The van der Waals surface area contributed by atoms with Gasteiger partial charge in [0.1, 0.15) is 0 Å². The normalized spacial score (nSPS) is 15.2. The number of hydrogen-bond donors (Lipinski definition) is 1. The van der Waals surface area contributed by atoms with Crippen molar-refractivity contribution < 1.29 is 0 Å². The fourth-order valence-electron chi connectivity index (χ4n) is 2.08. The first kappa shape index (κ1) is 15.3. The predicted molar refractivity (Wildman–Crippen MR) is 73.8 cm³/mol. The Morgan fingerprint density at radius 2 is 1.87 bits per heavy atom. The summed E-state index contributed by atoms with van der Waals surface area (Å²) in [4.78, 5) is 0. The second-order valence-corrected chi connectivity index (χ2v) is 6.04. The van der Waals surface area contributed by atoms with E-state index in [0.717, 1.165) is 6.54 Å². The molecule has 15 heavy (non-hydrogen) atoms. The smallest absolute Gasteiger partial charge is 0.000505 e. The maximum atomic E-state index is 3.51. The van der Waals surface area contributed by atoms with Crippen LogP contribution in [0.1, 0.15) is 53.4 Å². The molecule has 92 valence electrons. The second-order valence-electron chi connectivity index (χ2n) is 4.64. The molecule has 0 spiro atoms. The quantitative estimate of drug-likeness (QED) is 0.572. The van der Waals surface area contributed by atoms with E-state index in [1.165, 1.54) is 43.7 Å². The standard InChI is InChI=1S/C13H29NS/c1-5-9-13(4,12-14-6-2)10-8-11-15-7-3/h14H,5-12H2,1-4H3. The molecule has 0 bridgehead atoms. The summed E-state index contributed by atoms with van der Waals surface area (Å²) < 4.78 is 0. The molecule has 0 fully saturated rings. The first-order valence-electron chi connectivity index (χ1n) is 6.47. The largest absolute Gasteiger partial charge is 0.316 e. The average Bonchev–Trinajstić information content (AvgIpc) is 2.22. The number of hydrogen-bond acceptors (Lipinski definition) is 2. The Kier molecular flexibility index (Phi) is 9.73. The molecular formula is C13H29NS. The molecule has 0 heterocycles. The van der Waals surface area contributed by atoms with Crippen LogP contribution in [0.15, 0.2) is 0 Å². The van der Waals surface area contributed by atoms with Gasteiger partial charge in [-0.3, -0.25) is 0 Å². The molecule has 0 radical (unpaired) electrons. The van der Waals surface area contributed by atoms with E-state index >= 15 is 0 Å². The van der Waals surface area contributed by atoms with E-state index < -0.39 is 0 Å². The third-order valence-electron chi connectivity index (χ3n) is 2.93. The van der Waals surface area contributed by atoms with Crippen LogP contribution in [-0.2, 0) is 0 Å². The molecule has 1 atom stereocenters. The summed E-state index contributed by atoms with van der Waals surface area (Å²) in [6.45, 7) is 11.5. The molecule has 0 amide bonds. The van der Waals surface area contributed by atoms with Crippen molar-refractivity contribution in [3.8, 4) is 0 Å². The van der Waals surface area contributed by atoms with Crippen LogP contribution in [0.3, 0.4) is 0 Å². The third kappa shape index (κ3) is 8.15. The maximum Gasteiger partial charge on any atom is 0.000505 e. The Hall–Kier alpha value is 0.310. The highest BCUT2D eigenvalue weighted by Gasteiger charge is 2.21. The van der Waals surface area contributed by atoms with E-state index in [9.17, 15) is 0 Å². The van der Waals surface area contributed by atoms with Crippen LogP contribution in [0.5, 0.6) is 0 Å². The van der Waals surface area contributed by atoms with Crippen LogP contribution in [0.2, 0.25) is 0 Å². The molecule has 0 aromatic heterocycles. The lowest BCUT2D eigenvalue weighted by molar-refractivity contribution is 0.256. The van der Waals surface area contributed by atoms with Gasteiger partial charge in [0.15, 0.2) is 0 Å². The summed E-state index contributed by atoms with van der Waals surface area (Å²) >= 11 is 2.07. The SMILES string of the molecule is CCCC(C)(CCCSCC)CNCC. The van der Waals surface area contributed by atoms with Gasteiger partial charge in [0.2, 0.25) is 0 Å². The minimum absolute atomic E-state index is 0.527. The van der Waals surface area contributed by atoms with Crippen molar-refractivity contribution in [3.63, 3.8) is 0 Å². The number of rotatable bonds is 10. The summed E-state index contributed by atoms with van der Waals surface area (Å²) in [5.74, 6) is 2.60. The van der Waals surface area contributed by atoms with Crippen LogP contribution in [0, 0.1) is 5.41 Å². The van der Waals surface area contributed by atoms with Gasteiger partial charge in [0.05, 0.1) is 0 Å². The van der Waals surface area contributed by atoms with E-state index in [2.05, 4.69) is 44.8 Å². The minimum atomic E-state index is 0.527. The molecule has 0 aliphatic heterocycles. The first-order chi connectivity index (χ1) is 7.18. The monoisotopic (exact) mass is 231 g/mol. The van der Waals surface area contributed by atoms with Crippen LogP contribution >= 0.6 is 11.8 Å². The van der Waals surface area contributed by atoms with E-state index in [1.807, 2.05) is 0 Å². The molecule has 2 heteroatoms. The van der Waals surface area contributed by atoms with Crippen LogP contribution in [0.25, 0.3) is 0 Å². The molecular weight excluding hydrogens is 202 g/mol. The van der Waals surface area contributed by atoms with Gasteiger partial charge in [-0.2, -0.15) is 11.8 Å². The van der Waals surface area contributed by atoms with Gasteiger partial charge in [-0.15, -0.1) is 0 Å². The van der Waals surface area contributed by atoms with Crippen molar-refractivity contribution >= 4 is 11.8 Å². The zero-order chi connectivity index (χ0) is 11.6. The molecule has 0 aliphatic carbocycles. The van der Waals surface area contributed by atoms with E-state index in [4.69, 9.17) is 0 Å². The molecule has 0 aliphatic rings. The summed E-state index contributed by atoms with van der Waals surface area (Å²) in [6.07, 6.45) is 5.42. The van der Waals surface area contributed by atoms with Crippen LogP contribution in [-0.4, -0.2) is 24.6 Å². The van der Waals surface area contributed by atoms with Gasteiger partial charge >= 0.3 is 0 Å². The van der Waals surface area contributed by atoms with Crippen molar-refractivity contribution in [2.45, 2.75) is 53.4 Å². The molecule has 1 nitrogen and oxygen atoms in total. The number of thioether (sulfide) groups is 1. The average molecular weight is 231 g/mol. The lowest BCUT2D eigenvalue weighted by Crippen LogP contribution is -2.31. The van der Waals surface area contributed by atoms with Gasteiger partial charge in [-0.1, -0.05) is 34.1 Å². The molecule has 1 unspecified atom stereocenters. The Bertz CT molecular complexity index is 138. The summed E-state index contributed by atoms with van der Waals surface area (Å²) in [7, 11) is 0. The predicted octanol–water partition coefficient (Wildman–Crippen LogP) is 3.94. The maximum absolute atomic E-state index is 3.51. The Balaban J connectivity index is 3.78. The van der Waals surface area contributed by atoms with Gasteiger partial charge in [0.25, 0.3) is 0 Å². The van der Waals surface area contributed by atoms with E-state index in [0.29, 0.717) is 5.41 Å². The topological polar surface area (TPSA) is 12.0 Å². The third-order valence-corrected chi connectivity index (χ3v) is 3.91. The van der Waals surface area contributed by atoms with Crippen molar-refractivity contribution in [2.24, 2.45) is 5.41 Å². The fourth-order valence-corrected chi connectivity index (χ4v) is 2.71. The Labute approximate surface area is 101 Å². The zero-order valence-corrected chi connectivity index (χ0v) is 11.9. The Morgan fingerprint density at radius 1 is 1.13 bits per heavy atom. The van der Waals surface area contributed by atoms with Crippen molar-refractivity contribution in [1.29, 1.82) is 0 Å². The van der Waals surface area contributed by atoms with Gasteiger partial charge in [-0.25, -0.2) is 0 Å². The molecule has 0 saturated carbocycles. The molecule has 0 aromatic rings. The zero-order valence-electron chi connectivity index (χ0n) is 11.1. The number of nitrogens with one attached hydrogen (secondary N) is 1. The summed E-state index contributed by atoms with van der Waals surface area (Å²) in [6, 6.07) is 0. The van der Waals surface area contributed by atoms with E-state index in [1.54, 1.807) is 0 Å². The summed E-state index contributed by atoms with van der Waals surface area (Å²) in [5, 5.41) is 3.51. The van der Waals surface area contributed by atoms with Gasteiger partial charge in [0, 0.05) is 6.54 Å². The van der Waals surface area contributed by atoms with Crippen molar-refractivity contribution in [3.05, 3.63) is 0 Å². The first-order valence-corrected chi connectivity index (χ1v) is 7.62. The Morgan fingerprint density at radius 3 is 2.40 bits per heavy atom. The van der Waals surface area contributed by atoms with Crippen molar-refractivity contribution in [2.75, 3.05) is 24.6 Å². The van der Waals surface area contributed by atoms with E-state index in [-0.39, 0.29) is 0 Å². The van der Waals surface area contributed by atoms with Gasteiger partial charge in [-0.05, 0) is 42.7 Å². The minimum Gasteiger partial charge on any atom is -0.316 e. The molecule has 1 N–H and O–H groups in total. The highest BCUT2D eigenvalue weighted by Crippen LogP contribution is 2.29. The highest BCUT2D eigenvalue weighted by atomic mass is 32.2. The fraction of sp³-hybridized carbons (Fsp3) is 1.00. The van der Waals surface area contributed by atoms with Crippen LogP contribution in [0.4, 0.5) is 0 Å². The molecule has 0 aromatic carbocycles. The highest BCUT2D eigenvalue weighted by molar-refractivity contribution is 7.99. The van der Waals surface area contributed by atoms with Crippen LogP contribution < -0.4 is 5.32 Å². The lowest BCUT2D eigenvalue weighted by atomic mass is 9.81. The molecule has 0 saturated heterocycles. The van der Waals surface area contributed by atoms with Crippen molar-refractivity contribution in [1.82, 2.24) is 5.32 Å². The van der Waals surface area contributed by atoms with Gasteiger partial charge < -0.3 is 5.32 Å². The molecule has 0 rings (SSSR count).